The second-order valence-corrected chi connectivity index (χ2v) is 5.79. The molecular weight excluding hydrogens is 342 g/mol. The second-order valence-electron chi connectivity index (χ2n) is 5.79. The van der Waals surface area contributed by atoms with Gasteiger partial charge >= 0.3 is 0 Å². The number of hydrogen-bond donors (Lipinski definition) is 2. The first-order chi connectivity index (χ1) is 13.2. The summed E-state index contributed by atoms with van der Waals surface area (Å²) in [6, 6.07) is 11.0. The molecule has 2 N–H and O–H groups in total. The fourth-order valence-electron chi connectivity index (χ4n) is 2.62. The molecule has 0 radical (unpaired) electrons. The van der Waals surface area contributed by atoms with Gasteiger partial charge in [0, 0.05) is 31.3 Å². The lowest BCUT2D eigenvalue weighted by Gasteiger charge is -2.20. The minimum Gasteiger partial charge on any atom is -0.497 e. The third-order valence-corrected chi connectivity index (χ3v) is 4.01. The van der Waals surface area contributed by atoms with Gasteiger partial charge in [-0.1, -0.05) is 12.1 Å². The van der Waals surface area contributed by atoms with Crippen molar-refractivity contribution in [2.24, 2.45) is 0 Å². The topological polar surface area (TPSA) is 89.0 Å². The predicted molar refractivity (Wildman–Crippen MR) is 103 cm³/mol. The maximum absolute atomic E-state index is 12.7. The van der Waals surface area contributed by atoms with Crippen molar-refractivity contribution < 1.29 is 9.53 Å². The molecule has 7 heteroatoms. The van der Waals surface area contributed by atoms with Crippen LogP contribution in [-0.2, 0) is 0 Å². The number of anilines is 1. The van der Waals surface area contributed by atoms with Crippen LogP contribution in [0.3, 0.4) is 0 Å². The molecule has 0 spiro atoms. The average Bonchev–Trinajstić information content (AvgIpc) is 2.73. The van der Waals surface area contributed by atoms with E-state index in [1.165, 1.54) is 12.4 Å². The fourth-order valence-corrected chi connectivity index (χ4v) is 2.62. The van der Waals surface area contributed by atoms with Crippen LogP contribution in [0, 0.1) is 0 Å². The summed E-state index contributed by atoms with van der Waals surface area (Å²) in [5, 5.41) is 6.05. The van der Waals surface area contributed by atoms with Crippen LogP contribution in [0.25, 0.3) is 0 Å². The van der Waals surface area contributed by atoms with Crippen molar-refractivity contribution in [3.05, 3.63) is 77.9 Å². The van der Waals surface area contributed by atoms with Gasteiger partial charge in [0.1, 0.15) is 5.75 Å². The summed E-state index contributed by atoms with van der Waals surface area (Å²) in [7, 11) is 1.62. The van der Waals surface area contributed by atoms with E-state index >= 15 is 0 Å². The summed E-state index contributed by atoms with van der Waals surface area (Å²) in [6.07, 6.45) is 6.43. The molecule has 0 aliphatic rings. The Morgan fingerprint density at radius 3 is 2.26 bits per heavy atom. The fraction of sp³-hybridized carbons (Fsp3) is 0.200. The summed E-state index contributed by atoms with van der Waals surface area (Å²) in [5.41, 5.74) is 2.25. The van der Waals surface area contributed by atoms with E-state index in [1.54, 1.807) is 19.5 Å². The molecule has 2 heterocycles. The zero-order chi connectivity index (χ0) is 19.1. The van der Waals surface area contributed by atoms with E-state index in [4.69, 9.17) is 4.74 Å². The Kier molecular flexibility index (Phi) is 5.94. The number of pyridine rings is 1. The number of aromatic nitrogens is 3. The highest BCUT2D eigenvalue weighted by molar-refractivity contribution is 5.94. The van der Waals surface area contributed by atoms with Crippen molar-refractivity contribution >= 4 is 11.9 Å². The van der Waals surface area contributed by atoms with E-state index < -0.39 is 0 Å². The van der Waals surface area contributed by atoms with Crippen LogP contribution in [0.15, 0.2) is 61.2 Å². The van der Waals surface area contributed by atoms with Gasteiger partial charge in [0.05, 0.1) is 18.7 Å². The molecule has 0 aliphatic heterocycles. The van der Waals surface area contributed by atoms with Crippen molar-refractivity contribution in [3.8, 4) is 5.75 Å². The molecule has 138 valence electrons. The third-order valence-electron chi connectivity index (χ3n) is 4.01. The maximum Gasteiger partial charge on any atom is 0.255 e. The molecule has 1 amide bonds. The molecule has 3 aromatic rings. The molecular formula is C20H21N5O2. The van der Waals surface area contributed by atoms with Crippen LogP contribution >= 0.6 is 0 Å². The normalized spacial score (nSPS) is 11.5. The Morgan fingerprint density at radius 1 is 1.04 bits per heavy atom. The first kappa shape index (κ1) is 18.3. The van der Waals surface area contributed by atoms with Crippen LogP contribution in [0.2, 0.25) is 0 Å². The summed E-state index contributed by atoms with van der Waals surface area (Å²) in [6.45, 7) is 2.67. The molecule has 1 atom stereocenters. The van der Waals surface area contributed by atoms with E-state index in [0.29, 0.717) is 18.1 Å². The summed E-state index contributed by atoms with van der Waals surface area (Å²) < 4.78 is 5.22. The van der Waals surface area contributed by atoms with Gasteiger partial charge in [0.15, 0.2) is 0 Å². The number of carbonyl (C=O) groups excluding carboxylic acids is 1. The Labute approximate surface area is 157 Å². The van der Waals surface area contributed by atoms with Gasteiger partial charge in [-0.05, 0) is 42.3 Å². The van der Waals surface area contributed by atoms with E-state index in [9.17, 15) is 4.79 Å². The molecule has 0 unspecified atom stereocenters. The van der Waals surface area contributed by atoms with Gasteiger partial charge in [-0.3, -0.25) is 9.78 Å². The number of methoxy groups -OCH3 is 1. The molecule has 1 aromatic carbocycles. The quantitative estimate of drug-likeness (QED) is 0.671. The highest BCUT2D eigenvalue weighted by Gasteiger charge is 2.18. The van der Waals surface area contributed by atoms with Gasteiger partial charge in [-0.2, -0.15) is 0 Å². The van der Waals surface area contributed by atoms with Crippen LogP contribution in [0.1, 0.15) is 34.5 Å². The summed E-state index contributed by atoms with van der Waals surface area (Å²) in [5.74, 6) is 0.997. The average molecular weight is 363 g/mol. The van der Waals surface area contributed by atoms with Crippen molar-refractivity contribution in [1.82, 2.24) is 20.3 Å². The van der Waals surface area contributed by atoms with Gasteiger partial charge in [0.25, 0.3) is 5.91 Å². The molecule has 0 saturated heterocycles. The molecule has 3 rings (SSSR count). The van der Waals surface area contributed by atoms with Crippen molar-refractivity contribution in [1.29, 1.82) is 0 Å². The predicted octanol–water partition coefficient (Wildman–Crippen LogP) is 2.83. The highest BCUT2D eigenvalue weighted by Crippen LogP contribution is 2.24. The maximum atomic E-state index is 12.7. The number of nitrogens with zero attached hydrogens (tertiary/aromatic N) is 3. The van der Waals surface area contributed by atoms with Crippen LogP contribution in [-0.4, -0.2) is 34.5 Å². The molecule has 27 heavy (non-hydrogen) atoms. The number of rotatable bonds is 7. The monoisotopic (exact) mass is 363 g/mol. The summed E-state index contributed by atoms with van der Waals surface area (Å²) >= 11 is 0. The molecule has 0 aliphatic carbocycles. The minimum atomic E-state index is -0.333. The first-order valence-electron chi connectivity index (χ1n) is 8.62. The molecule has 0 saturated carbocycles. The lowest BCUT2D eigenvalue weighted by atomic mass is 9.99. The smallest absolute Gasteiger partial charge is 0.255 e. The van der Waals surface area contributed by atoms with E-state index in [-0.39, 0.29) is 11.9 Å². The number of carbonyl (C=O) groups is 1. The van der Waals surface area contributed by atoms with Gasteiger partial charge < -0.3 is 15.4 Å². The number of ether oxygens (including phenoxy) is 1. The molecule has 2 aromatic heterocycles. The van der Waals surface area contributed by atoms with Crippen molar-refractivity contribution in [2.75, 3.05) is 19.0 Å². The Balaban J connectivity index is 1.85. The molecule has 7 nitrogen and oxygen atoms in total. The Morgan fingerprint density at radius 2 is 1.67 bits per heavy atom. The second kappa shape index (κ2) is 8.75. The zero-order valence-corrected chi connectivity index (χ0v) is 15.2. The lowest BCUT2D eigenvalue weighted by Crippen LogP contribution is -2.29. The third kappa shape index (κ3) is 4.58. The highest BCUT2D eigenvalue weighted by atomic mass is 16.5. The summed E-state index contributed by atoms with van der Waals surface area (Å²) in [4.78, 5) is 25.1. The van der Waals surface area contributed by atoms with Crippen molar-refractivity contribution in [2.45, 2.75) is 13.0 Å². The van der Waals surface area contributed by atoms with Crippen molar-refractivity contribution in [3.63, 3.8) is 0 Å². The van der Waals surface area contributed by atoms with E-state index in [1.807, 2.05) is 43.3 Å². The number of nitrogens with one attached hydrogen (secondary N) is 2. The zero-order valence-electron chi connectivity index (χ0n) is 15.2. The number of benzene rings is 1. The first-order valence-corrected chi connectivity index (χ1v) is 8.62. The van der Waals surface area contributed by atoms with Crippen LogP contribution in [0.5, 0.6) is 5.75 Å². The number of hydrogen-bond acceptors (Lipinski definition) is 6. The van der Waals surface area contributed by atoms with E-state index in [0.717, 1.165) is 16.9 Å². The largest absolute Gasteiger partial charge is 0.497 e. The molecule has 0 bridgehead atoms. The number of amides is 1. The lowest BCUT2D eigenvalue weighted by molar-refractivity contribution is 0.0942. The van der Waals surface area contributed by atoms with Gasteiger partial charge in [-0.25, -0.2) is 9.97 Å². The SMILES string of the molecule is CCNc1ncc(C(=O)N[C@@H](c2ccncc2)c2ccc(OC)cc2)cn1. The minimum absolute atomic E-state index is 0.254. The Bertz CT molecular complexity index is 867. The van der Waals surface area contributed by atoms with Crippen LogP contribution in [0.4, 0.5) is 5.95 Å². The van der Waals surface area contributed by atoms with Crippen LogP contribution < -0.4 is 15.4 Å². The Hall–Kier alpha value is -3.48. The van der Waals surface area contributed by atoms with Gasteiger partial charge in [-0.15, -0.1) is 0 Å². The van der Waals surface area contributed by atoms with Gasteiger partial charge in [0.2, 0.25) is 5.95 Å². The van der Waals surface area contributed by atoms with E-state index in [2.05, 4.69) is 25.6 Å². The molecule has 0 fully saturated rings. The standard InChI is InChI=1S/C20H21N5O2/c1-3-22-20-23-12-16(13-24-20)19(26)25-18(15-8-10-21-11-9-15)14-4-6-17(27-2)7-5-14/h4-13,18H,3H2,1-2H3,(H,25,26)(H,22,23,24)/t18-/m1/s1.